The topological polar surface area (TPSA) is 106 Å². The quantitative estimate of drug-likeness (QED) is 0.364. The van der Waals surface area contributed by atoms with E-state index in [1.54, 1.807) is 24.6 Å². The van der Waals surface area contributed by atoms with Gasteiger partial charge in [0, 0.05) is 22.9 Å². The molecule has 0 unspecified atom stereocenters. The summed E-state index contributed by atoms with van der Waals surface area (Å²) < 4.78 is 2.29. The molecule has 4 aromatic rings. The second-order valence-corrected chi connectivity index (χ2v) is 9.19. The Morgan fingerprint density at radius 2 is 1.88 bits per heavy atom. The third-order valence-corrected chi connectivity index (χ3v) is 6.49. The van der Waals surface area contributed by atoms with E-state index in [1.807, 2.05) is 48.7 Å². The standard InChI is InChI=1S/C24H24BrN5O2/c1-24(2,23(31)32)12-6-9-19-20(25)21(26)30-22(29-19)17(14-28-30)16-10-11-18(27-13-16)15-7-4-3-5-8-15/h3-5,7-8,10-11,13-14H,6,9,12,26H2,1-2H3,(H,31,32). The fourth-order valence-electron chi connectivity index (χ4n) is 3.55. The van der Waals surface area contributed by atoms with Crippen molar-refractivity contribution in [2.75, 3.05) is 5.73 Å². The van der Waals surface area contributed by atoms with E-state index in [9.17, 15) is 9.90 Å². The van der Waals surface area contributed by atoms with Gasteiger partial charge in [-0.25, -0.2) is 4.98 Å². The van der Waals surface area contributed by atoms with Gasteiger partial charge in [0.2, 0.25) is 0 Å². The van der Waals surface area contributed by atoms with Crippen molar-refractivity contribution in [2.24, 2.45) is 5.41 Å². The zero-order valence-electron chi connectivity index (χ0n) is 17.9. The lowest BCUT2D eigenvalue weighted by molar-refractivity contribution is -0.147. The molecule has 1 aromatic carbocycles. The van der Waals surface area contributed by atoms with Gasteiger partial charge in [0.05, 0.1) is 27.5 Å². The molecule has 0 aliphatic heterocycles. The molecule has 8 heteroatoms. The Hall–Kier alpha value is -3.26. The fourth-order valence-corrected chi connectivity index (χ4v) is 4.01. The monoisotopic (exact) mass is 493 g/mol. The molecular formula is C24H24BrN5O2. The fraction of sp³-hybridized carbons (Fsp3) is 0.250. The number of hydrogen-bond donors (Lipinski definition) is 2. The number of hydrogen-bond acceptors (Lipinski definition) is 5. The third kappa shape index (κ3) is 4.23. The van der Waals surface area contributed by atoms with E-state index in [4.69, 9.17) is 10.7 Å². The van der Waals surface area contributed by atoms with Crippen LogP contribution in [0.15, 0.2) is 59.3 Å². The number of fused-ring (bicyclic) bond motifs is 1. The number of benzene rings is 1. The third-order valence-electron chi connectivity index (χ3n) is 5.63. The molecule has 0 saturated heterocycles. The Balaban J connectivity index is 1.64. The number of rotatable bonds is 7. The first kappa shape index (κ1) is 22.0. The Bertz CT molecular complexity index is 1270. The Morgan fingerprint density at radius 1 is 1.12 bits per heavy atom. The number of nitrogens with two attached hydrogens (primary N) is 1. The van der Waals surface area contributed by atoms with E-state index in [2.05, 4.69) is 26.0 Å². The zero-order chi connectivity index (χ0) is 22.9. The molecule has 0 atom stereocenters. The molecule has 0 aliphatic rings. The number of aromatic nitrogens is 4. The summed E-state index contributed by atoms with van der Waals surface area (Å²) in [6.07, 6.45) is 5.37. The van der Waals surface area contributed by atoms with E-state index < -0.39 is 11.4 Å². The van der Waals surface area contributed by atoms with Gasteiger partial charge in [-0.3, -0.25) is 9.78 Å². The molecular weight excluding hydrogens is 470 g/mol. The summed E-state index contributed by atoms with van der Waals surface area (Å²) in [6.45, 7) is 3.47. The van der Waals surface area contributed by atoms with Gasteiger partial charge < -0.3 is 10.8 Å². The van der Waals surface area contributed by atoms with Crippen LogP contribution in [-0.4, -0.2) is 30.7 Å². The highest BCUT2D eigenvalue weighted by Gasteiger charge is 2.26. The van der Waals surface area contributed by atoms with Crippen LogP contribution >= 0.6 is 15.9 Å². The summed E-state index contributed by atoms with van der Waals surface area (Å²) in [4.78, 5) is 20.8. The van der Waals surface area contributed by atoms with Crippen molar-refractivity contribution < 1.29 is 9.90 Å². The lowest BCUT2D eigenvalue weighted by Crippen LogP contribution is -2.23. The number of carbonyl (C=O) groups is 1. The summed E-state index contributed by atoms with van der Waals surface area (Å²) in [5.74, 6) is -0.341. The molecule has 164 valence electrons. The molecule has 32 heavy (non-hydrogen) atoms. The number of anilines is 1. The van der Waals surface area contributed by atoms with Gasteiger partial charge in [0.25, 0.3) is 0 Å². The highest BCUT2D eigenvalue weighted by atomic mass is 79.9. The summed E-state index contributed by atoms with van der Waals surface area (Å²) in [7, 11) is 0. The second kappa shape index (κ2) is 8.70. The van der Waals surface area contributed by atoms with Crippen molar-refractivity contribution in [2.45, 2.75) is 33.1 Å². The molecule has 0 radical (unpaired) electrons. The van der Waals surface area contributed by atoms with Gasteiger partial charge in [-0.15, -0.1) is 0 Å². The van der Waals surface area contributed by atoms with Crippen molar-refractivity contribution in [3.8, 4) is 22.4 Å². The van der Waals surface area contributed by atoms with Crippen LogP contribution in [0.25, 0.3) is 28.0 Å². The van der Waals surface area contributed by atoms with Crippen LogP contribution in [0.3, 0.4) is 0 Å². The van der Waals surface area contributed by atoms with Crippen LogP contribution in [0.5, 0.6) is 0 Å². The predicted octanol–water partition coefficient (Wildman–Crippen LogP) is 5.24. The highest BCUT2D eigenvalue weighted by Crippen LogP contribution is 2.32. The molecule has 0 fully saturated rings. The van der Waals surface area contributed by atoms with Crippen molar-refractivity contribution in [1.29, 1.82) is 0 Å². The SMILES string of the molecule is CC(C)(CCCc1nc2c(-c3ccc(-c4ccccc4)nc3)cnn2c(N)c1Br)C(=O)O. The molecule has 7 nitrogen and oxygen atoms in total. The summed E-state index contributed by atoms with van der Waals surface area (Å²) >= 11 is 3.53. The molecule has 0 saturated carbocycles. The number of nitrogen functional groups attached to an aromatic ring is 1. The lowest BCUT2D eigenvalue weighted by atomic mass is 9.87. The van der Waals surface area contributed by atoms with E-state index in [-0.39, 0.29) is 0 Å². The molecule has 4 rings (SSSR count). The van der Waals surface area contributed by atoms with Gasteiger partial charge in [0.1, 0.15) is 5.82 Å². The average molecular weight is 494 g/mol. The lowest BCUT2D eigenvalue weighted by Gasteiger charge is -2.18. The number of aliphatic carboxylic acids is 1. The maximum Gasteiger partial charge on any atom is 0.309 e. The van der Waals surface area contributed by atoms with Crippen LogP contribution < -0.4 is 5.73 Å². The maximum atomic E-state index is 11.4. The van der Waals surface area contributed by atoms with Crippen molar-refractivity contribution in [3.63, 3.8) is 0 Å². The first-order chi connectivity index (χ1) is 15.3. The van der Waals surface area contributed by atoms with Crippen LogP contribution in [0.2, 0.25) is 0 Å². The summed E-state index contributed by atoms with van der Waals surface area (Å²) in [5.41, 5.74) is 10.6. The molecule has 3 heterocycles. The molecule has 0 spiro atoms. The first-order valence-corrected chi connectivity index (χ1v) is 11.1. The number of aryl methyl sites for hydroxylation is 1. The van der Waals surface area contributed by atoms with E-state index in [0.717, 1.165) is 28.1 Å². The van der Waals surface area contributed by atoms with Crippen molar-refractivity contribution >= 4 is 33.4 Å². The normalized spacial score (nSPS) is 11.7. The Kier molecular flexibility index (Phi) is 5.97. The van der Waals surface area contributed by atoms with E-state index in [1.165, 1.54) is 0 Å². The minimum Gasteiger partial charge on any atom is -0.481 e. The maximum absolute atomic E-state index is 11.4. The molecule has 0 aliphatic carbocycles. The van der Waals surface area contributed by atoms with Gasteiger partial charge in [-0.1, -0.05) is 36.4 Å². The van der Waals surface area contributed by atoms with E-state index in [0.29, 0.717) is 35.2 Å². The number of carboxylic acid groups (broad SMARTS) is 1. The van der Waals surface area contributed by atoms with Crippen LogP contribution in [0, 0.1) is 5.41 Å². The Labute approximate surface area is 194 Å². The molecule has 0 bridgehead atoms. The smallest absolute Gasteiger partial charge is 0.309 e. The van der Waals surface area contributed by atoms with Crippen LogP contribution in [-0.2, 0) is 11.2 Å². The van der Waals surface area contributed by atoms with Gasteiger partial charge in [-0.05, 0) is 55.1 Å². The van der Waals surface area contributed by atoms with Crippen molar-refractivity contribution in [3.05, 3.63) is 65.0 Å². The number of pyridine rings is 1. The molecule has 3 N–H and O–H groups in total. The minimum absolute atomic E-state index is 0.461. The van der Waals surface area contributed by atoms with Crippen molar-refractivity contribution in [1.82, 2.24) is 19.6 Å². The number of halogens is 1. The minimum atomic E-state index is -0.802. The van der Waals surface area contributed by atoms with E-state index >= 15 is 0 Å². The predicted molar refractivity (Wildman–Crippen MR) is 128 cm³/mol. The highest BCUT2D eigenvalue weighted by molar-refractivity contribution is 9.10. The van der Waals surface area contributed by atoms with Gasteiger partial charge in [-0.2, -0.15) is 9.61 Å². The Morgan fingerprint density at radius 3 is 2.53 bits per heavy atom. The zero-order valence-corrected chi connectivity index (χ0v) is 19.5. The van der Waals surface area contributed by atoms with Gasteiger partial charge >= 0.3 is 5.97 Å². The summed E-state index contributed by atoms with van der Waals surface area (Å²) in [5, 5.41) is 13.8. The number of nitrogens with zero attached hydrogens (tertiary/aromatic N) is 4. The largest absolute Gasteiger partial charge is 0.481 e. The van der Waals surface area contributed by atoms with Gasteiger partial charge in [0.15, 0.2) is 5.65 Å². The number of carboxylic acids is 1. The van der Waals surface area contributed by atoms with Crippen LogP contribution in [0.4, 0.5) is 5.82 Å². The summed E-state index contributed by atoms with van der Waals surface area (Å²) in [6, 6.07) is 14.0. The second-order valence-electron chi connectivity index (χ2n) is 8.39. The molecule has 3 aromatic heterocycles. The first-order valence-electron chi connectivity index (χ1n) is 10.3. The van der Waals surface area contributed by atoms with Crippen LogP contribution in [0.1, 0.15) is 32.4 Å². The molecule has 0 amide bonds. The average Bonchev–Trinajstić information content (AvgIpc) is 3.21.